The third-order valence-corrected chi connectivity index (χ3v) is 2.42. The largest absolute Gasteiger partial charge is 0.382 e. The zero-order valence-corrected chi connectivity index (χ0v) is 8.46. The zero-order valence-electron chi connectivity index (χ0n) is 8.46. The Morgan fingerprint density at radius 2 is 2.07 bits per heavy atom. The molecule has 15 heavy (non-hydrogen) atoms. The minimum absolute atomic E-state index is 0.0360. The van der Waals surface area contributed by atoms with Crippen LogP contribution in [0.25, 0.3) is 0 Å². The first-order valence-corrected chi connectivity index (χ1v) is 4.84. The van der Waals surface area contributed by atoms with E-state index in [-0.39, 0.29) is 5.78 Å². The van der Waals surface area contributed by atoms with Gasteiger partial charge in [0.05, 0.1) is 11.4 Å². The van der Waals surface area contributed by atoms with Crippen LogP contribution in [0.3, 0.4) is 0 Å². The average molecular weight is 204 g/mol. The molecule has 0 spiro atoms. The Bertz CT molecular complexity index is 427. The Kier molecular flexibility index (Phi) is 2.41. The van der Waals surface area contributed by atoms with E-state index in [2.05, 4.69) is 10.6 Å². The number of Topliss-reactive ketones (excluding diaryl/α,β-unsaturated/α-hetero) is 1. The monoisotopic (exact) mass is 204 g/mol. The predicted octanol–water partition coefficient (Wildman–Crippen LogP) is 1.54. The molecule has 0 atom stereocenters. The minimum atomic E-state index is -0.0360. The maximum atomic E-state index is 11.4. The molecule has 0 aromatic heterocycles. The van der Waals surface area contributed by atoms with Gasteiger partial charge in [0.2, 0.25) is 0 Å². The van der Waals surface area contributed by atoms with Crippen molar-refractivity contribution in [2.75, 3.05) is 23.7 Å². The third-order valence-electron chi connectivity index (χ3n) is 2.42. The fraction of sp³-hybridized carbons (Fsp3) is 0.273. The van der Waals surface area contributed by atoms with Crippen LogP contribution >= 0.6 is 0 Å². The lowest BCUT2D eigenvalue weighted by molar-refractivity contribution is 0.101. The second kappa shape index (κ2) is 3.73. The van der Waals surface area contributed by atoms with Crippen molar-refractivity contribution in [3.63, 3.8) is 0 Å². The number of rotatable bonds is 2. The van der Waals surface area contributed by atoms with Crippen LogP contribution in [-0.2, 0) is 0 Å². The lowest BCUT2D eigenvalue weighted by Crippen LogP contribution is -2.22. The van der Waals surface area contributed by atoms with Gasteiger partial charge in [0.15, 0.2) is 5.78 Å². The molecular formula is C11H12N2O2. The Labute approximate surface area is 87.7 Å². The van der Waals surface area contributed by atoms with Gasteiger partial charge in [-0.25, -0.2) is 0 Å². The van der Waals surface area contributed by atoms with Crippen molar-refractivity contribution in [3.8, 4) is 0 Å². The summed E-state index contributed by atoms with van der Waals surface area (Å²) in [6.07, 6.45) is 0.753. The average Bonchev–Trinajstić information content (AvgIpc) is 2.27. The molecule has 2 rings (SSSR count). The van der Waals surface area contributed by atoms with Crippen molar-refractivity contribution in [2.45, 2.75) is 6.92 Å². The van der Waals surface area contributed by atoms with Gasteiger partial charge >= 0.3 is 0 Å². The molecule has 0 saturated heterocycles. The normalized spacial score (nSPS) is 13.4. The molecule has 4 nitrogen and oxygen atoms in total. The third kappa shape index (κ3) is 1.70. The number of nitrogens with one attached hydrogen (secondary N) is 2. The quantitative estimate of drug-likeness (QED) is 0.566. The number of carbonyl (C=O) groups is 2. The molecule has 0 radical (unpaired) electrons. The Morgan fingerprint density at radius 1 is 1.33 bits per heavy atom. The van der Waals surface area contributed by atoms with Crippen LogP contribution in [0.15, 0.2) is 12.1 Å². The smallest absolute Gasteiger partial charge is 0.161 e. The van der Waals surface area contributed by atoms with Crippen LogP contribution in [-0.4, -0.2) is 25.2 Å². The molecule has 0 fully saturated rings. The lowest BCUT2D eigenvalue weighted by Gasteiger charge is -2.22. The number of carbonyl (C=O) groups excluding carboxylic acids is 2. The van der Waals surface area contributed by atoms with Crippen LogP contribution in [0.4, 0.5) is 11.4 Å². The van der Waals surface area contributed by atoms with E-state index in [0.717, 1.165) is 30.8 Å². The summed E-state index contributed by atoms with van der Waals surface area (Å²) in [5.74, 6) is -0.0360. The van der Waals surface area contributed by atoms with Crippen molar-refractivity contribution in [3.05, 3.63) is 23.3 Å². The molecule has 1 aromatic carbocycles. The van der Waals surface area contributed by atoms with E-state index in [0.29, 0.717) is 11.1 Å². The molecule has 0 unspecified atom stereocenters. The van der Waals surface area contributed by atoms with Gasteiger partial charge in [-0.05, 0) is 19.1 Å². The molecule has 78 valence electrons. The number of benzene rings is 1. The summed E-state index contributed by atoms with van der Waals surface area (Å²) in [6.45, 7) is 3.08. The molecule has 0 amide bonds. The summed E-state index contributed by atoms with van der Waals surface area (Å²) in [4.78, 5) is 22.1. The standard InChI is InChI=1S/C11H12N2O2/c1-7(15)9-4-8(6-14)5-10-11(9)13-3-2-12-10/h4-6,12-13H,2-3H2,1H3. The van der Waals surface area contributed by atoms with Crippen LogP contribution in [0.5, 0.6) is 0 Å². The van der Waals surface area contributed by atoms with E-state index >= 15 is 0 Å². The van der Waals surface area contributed by atoms with Crippen LogP contribution in [0.2, 0.25) is 0 Å². The Balaban J connectivity index is 2.60. The summed E-state index contributed by atoms with van der Waals surface area (Å²) in [5, 5.41) is 6.32. The fourth-order valence-electron chi connectivity index (χ4n) is 1.72. The molecule has 1 heterocycles. The molecule has 2 N–H and O–H groups in total. The Hall–Kier alpha value is -1.84. The van der Waals surface area contributed by atoms with Crippen molar-refractivity contribution in [1.29, 1.82) is 0 Å². The molecule has 0 aliphatic carbocycles. The highest BCUT2D eigenvalue weighted by Crippen LogP contribution is 2.30. The predicted molar refractivity (Wildman–Crippen MR) is 58.8 cm³/mol. The summed E-state index contributed by atoms with van der Waals surface area (Å²) in [5.41, 5.74) is 2.73. The summed E-state index contributed by atoms with van der Waals surface area (Å²) in [6, 6.07) is 3.37. The van der Waals surface area contributed by atoms with Gasteiger partial charge in [-0.1, -0.05) is 0 Å². The maximum absolute atomic E-state index is 11.4. The van der Waals surface area contributed by atoms with Gasteiger partial charge in [0, 0.05) is 24.2 Å². The second-order valence-corrected chi connectivity index (χ2v) is 3.52. The van der Waals surface area contributed by atoms with Crippen molar-refractivity contribution >= 4 is 23.4 Å². The zero-order chi connectivity index (χ0) is 10.8. The molecule has 1 aliphatic heterocycles. The Morgan fingerprint density at radius 3 is 2.73 bits per heavy atom. The van der Waals surface area contributed by atoms with E-state index < -0.39 is 0 Å². The van der Waals surface area contributed by atoms with E-state index in [1.807, 2.05) is 0 Å². The molecule has 0 bridgehead atoms. The SMILES string of the molecule is CC(=O)c1cc(C=O)cc2c1NCCN2. The highest BCUT2D eigenvalue weighted by Gasteiger charge is 2.16. The number of anilines is 2. The van der Waals surface area contributed by atoms with Gasteiger partial charge in [0.25, 0.3) is 0 Å². The number of ketones is 1. The van der Waals surface area contributed by atoms with Crippen LogP contribution < -0.4 is 10.6 Å². The van der Waals surface area contributed by atoms with Gasteiger partial charge in [-0.15, -0.1) is 0 Å². The van der Waals surface area contributed by atoms with E-state index in [1.165, 1.54) is 6.92 Å². The maximum Gasteiger partial charge on any atom is 0.161 e. The van der Waals surface area contributed by atoms with Crippen LogP contribution in [0, 0.1) is 0 Å². The molecule has 0 saturated carbocycles. The highest BCUT2D eigenvalue weighted by molar-refractivity contribution is 6.04. The highest BCUT2D eigenvalue weighted by atomic mass is 16.1. The van der Waals surface area contributed by atoms with Gasteiger partial charge in [-0.2, -0.15) is 0 Å². The van der Waals surface area contributed by atoms with E-state index in [1.54, 1.807) is 12.1 Å². The fourth-order valence-corrected chi connectivity index (χ4v) is 1.72. The van der Waals surface area contributed by atoms with Gasteiger partial charge in [0.1, 0.15) is 6.29 Å². The van der Waals surface area contributed by atoms with Gasteiger partial charge < -0.3 is 10.6 Å². The van der Waals surface area contributed by atoms with E-state index in [9.17, 15) is 9.59 Å². The van der Waals surface area contributed by atoms with Crippen LogP contribution in [0.1, 0.15) is 27.6 Å². The van der Waals surface area contributed by atoms with E-state index in [4.69, 9.17) is 0 Å². The molecule has 1 aromatic rings. The van der Waals surface area contributed by atoms with Crippen molar-refractivity contribution in [2.24, 2.45) is 0 Å². The second-order valence-electron chi connectivity index (χ2n) is 3.52. The summed E-state index contributed by atoms with van der Waals surface area (Å²) < 4.78 is 0. The number of hydrogen-bond donors (Lipinski definition) is 2. The first-order chi connectivity index (χ1) is 7.22. The van der Waals surface area contributed by atoms with Crippen molar-refractivity contribution < 1.29 is 9.59 Å². The minimum Gasteiger partial charge on any atom is -0.382 e. The number of hydrogen-bond acceptors (Lipinski definition) is 4. The van der Waals surface area contributed by atoms with Gasteiger partial charge in [-0.3, -0.25) is 9.59 Å². The molecule has 1 aliphatic rings. The number of fused-ring (bicyclic) bond motifs is 1. The van der Waals surface area contributed by atoms with Crippen molar-refractivity contribution in [1.82, 2.24) is 0 Å². The summed E-state index contributed by atoms with van der Waals surface area (Å²) >= 11 is 0. The summed E-state index contributed by atoms with van der Waals surface area (Å²) in [7, 11) is 0. The molecular weight excluding hydrogens is 192 g/mol. The lowest BCUT2D eigenvalue weighted by atomic mass is 10.0. The topological polar surface area (TPSA) is 58.2 Å². The molecule has 4 heteroatoms. The first-order valence-electron chi connectivity index (χ1n) is 4.84. The first kappa shape index (κ1) is 9.71. The number of aldehydes is 1.